The topological polar surface area (TPSA) is 73.1 Å². The zero-order chi connectivity index (χ0) is 13.8. The standard InChI is InChI=1S/C15H20N4O/c16-14-15(19-13-7-2-1-6-12(13)18-14)20-10-8-11-5-3-4-9-17-11/h1-2,6-7,11,17H,3-5,8-10H2,(H2,16,18)/t11-/m0/s1. The molecule has 0 aliphatic carbocycles. The first-order valence-electron chi connectivity index (χ1n) is 7.21. The lowest BCUT2D eigenvalue weighted by atomic mass is 10.0. The Bertz CT molecular complexity index is 581. The van der Waals surface area contributed by atoms with Gasteiger partial charge in [-0.05, 0) is 37.9 Å². The summed E-state index contributed by atoms with van der Waals surface area (Å²) in [6.07, 6.45) is 4.78. The van der Waals surface area contributed by atoms with Gasteiger partial charge in [0, 0.05) is 6.04 Å². The van der Waals surface area contributed by atoms with E-state index in [1.807, 2.05) is 24.3 Å². The summed E-state index contributed by atoms with van der Waals surface area (Å²) in [7, 11) is 0. The second kappa shape index (κ2) is 6.05. The Kier molecular flexibility index (Phi) is 3.97. The van der Waals surface area contributed by atoms with Crippen molar-refractivity contribution in [3.05, 3.63) is 24.3 Å². The van der Waals surface area contributed by atoms with E-state index in [4.69, 9.17) is 10.5 Å². The average Bonchev–Trinajstić information content (AvgIpc) is 2.49. The fourth-order valence-corrected chi connectivity index (χ4v) is 2.57. The number of fused-ring (bicyclic) bond motifs is 1. The number of nitrogens with two attached hydrogens (primary N) is 1. The zero-order valence-electron chi connectivity index (χ0n) is 11.5. The number of nitrogens with one attached hydrogen (secondary N) is 1. The minimum atomic E-state index is 0.361. The molecular weight excluding hydrogens is 252 g/mol. The number of aromatic nitrogens is 2. The minimum Gasteiger partial charge on any atom is -0.475 e. The quantitative estimate of drug-likeness (QED) is 0.892. The lowest BCUT2D eigenvalue weighted by Gasteiger charge is -2.23. The van der Waals surface area contributed by atoms with Gasteiger partial charge in [0.2, 0.25) is 0 Å². The molecule has 5 heteroatoms. The predicted molar refractivity (Wildman–Crippen MR) is 79.7 cm³/mol. The highest BCUT2D eigenvalue weighted by Gasteiger charge is 2.13. The summed E-state index contributed by atoms with van der Waals surface area (Å²) in [6.45, 7) is 1.73. The molecule has 20 heavy (non-hydrogen) atoms. The average molecular weight is 272 g/mol. The molecule has 0 amide bonds. The van der Waals surface area contributed by atoms with Crippen molar-refractivity contribution in [2.24, 2.45) is 0 Å². The molecule has 1 atom stereocenters. The number of anilines is 1. The smallest absolute Gasteiger partial charge is 0.257 e. The van der Waals surface area contributed by atoms with Crippen molar-refractivity contribution in [1.29, 1.82) is 0 Å². The van der Waals surface area contributed by atoms with Gasteiger partial charge in [-0.1, -0.05) is 18.6 Å². The van der Waals surface area contributed by atoms with E-state index in [9.17, 15) is 0 Å². The molecule has 106 valence electrons. The highest BCUT2D eigenvalue weighted by atomic mass is 16.5. The van der Waals surface area contributed by atoms with Crippen LogP contribution in [0.3, 0.4) is 0 Å². The van der Waals surface area contributed by atoms with E-state index in [0.717, 1.165) is 24.0 Å². The lowest BCUT2D eigenvalue weighted by Crippen LogP contribution is -2.35. The maximum absolute atomic E-state index is 5.89. The summed E-state index contributed by atoms with van der Waals surface area (Å²) >= 11 is 0. The Balaban J connectivity index is 1.63. The molecule has 1 aliphatic rings. The molecule has 0 radical (unpaired) electrons. The number of para-hydroxylation sites is 2. The van der Waals surface area contributed by atoms with E-state index >= 15 is 0 Å². The largest absolute Gasteiger partial charge is 0.475 e. The Hall–Kier alpha value is -1.88. The van der Waals surface area contributed by atoms with Crippen LogP contribution in [0.2, 0.25) is 0 Å². The molecule has 1 saturated heterocycles. The van der Waals surface area contributed by atoms with Crippen LogP contribution in [0.1, 0.15) is 25.7 Å². The van der Waals surface area contributed by atoms with E-state index in [1.165, 1.54) is 19.3 Å². The maximum atomic E-state index is 5.89. The van der Waals surface area contributed by atoms with Gasteiger partial charge in [0.05, 0.1) is 17.6 Å². The Labute approximate surface area is 118 Å². The van der Waals surface area contributed by atoms with Crippen LogP contribution in [0.4, 0.5) is 5.82 Å². The molecule has 5 nitrogen and oxygen atoms in total. The van der Waals surface area contributed by atoms with E-state index in [2.05, 4.69) is 15.3 Å². The highest BCUT2D eigenvalue weighted by molar-refractivity contribution is 5.76. The number of ether oxygens (including phenoxy) is 1. The van der Waals surface area contributed by atoms with Crippen LogP contribution in [0.25, 0.3) is 11.0 Å². The number of hydrogen-bond donors (Lipinski definition) is 2. The molecule has 3 N–H and O–H groups in total. The number of rotatable bonds is 4. The third-order valence-corrected chi connectivity index (χ3v) is 3.68. The van der Waals surface area contributed by atoms with Crippen LogP contribution >= 0.6 is 0 Å². The van der Waals surface area contributed by atoms with Gasteiger partial charge in [-0.3, -0.25) is 0 Å². The fraction of sp³-hybridized carbons (Fsp3) is 0.467. The van der Waals surface area contributed by atoms with Gasteiger partial charge in [0.25, 0.3) is 5.88 Å². The van der Waals surface area contributed by atoms with Gasteiger partial charge in [-0.15, -0.1) is 0 Å². The van der Waals surface area contributed by atoms with Gasteiger partial charge in [0.1, 0.15) is 0 Å². The van der Waals surface area contributed by atoms with Crippen LogP contribution < -0.4 is 15.8 Å². The first-order valence-corrected chi connectivity index (χ1v) is 7.21. The van der Waals surface area contributed by atoms with Crippen molar-refractivity contribution in [2.75, 3.05) is 18.9 Å². The van der Waals surface area contributed by atoms with Crippen molar-refractivity contribution in [2.45, 2.75) is 31.7 Å². The van der Waals surface area contributed by atoms with Crippen LogP contribution in [0.15, 0.2) is 24.3 Å². The number of nitrogens with zero attached hydrogens (tertiary/aromatic N) is 2. The van der Waals surface area contributed by atoms with Crippen molar-refractivity contribution in [3.63, 3.8) is 0 Å². The number of benzene rings is 1. The normalized spacial score (nSPS) is 19.1. The van der Waals surface area contributed by atoms with Gasteiger partial charge in [0.15, 0.2) is 5.82 Å². The number of piperidine rings is 1. The Morgan fingerprint density at radius 2 is 2.00 bits per heavy atom. The molecule has 0 saturated carbocycles. The summed E-state index contributed by atoms with van der Waals surface area (Å²) in [5, 5.41) is 3.50. The fourth-order valence-electron chi connectivity index (χ4n) is 2.57. The minimum absolute atomic E-state index is 0.361. The summed E-state index contributed by atoms with van der Waals surface area (Å²) in [4.78, 5) is 8.74. The molecule has 1 aromatic heterocycles. The van der Waals surface area contributed by atoms with Crippen molar-refractivity contribution >= 4 is 16.9 Å². The van der Waals surface area contributed by atoms with Gasteiger partial charge in [-0.2, -0.15) is 0 Å². The maximum Gasteiger partial charge on any atom is 0.257 e. The van der Waals surface area contributed by atoms with E-state index in [1.54, 1.807) is 0 Å². The highest BCUT2D eigenvalue weighted by Crippen LogP contribution is 2.21. The third-order valence-electron chi connectivity index (χ3n) is 3.68. The summed E-state index contributed by atoms with van der Waals surface area (Å²) < 4.78 is 5.71. The Morgan fingerprint density at radius 3 is 2.75 bits per heavy atom. The van der Waals surface area contributed by atoms with E-state index < -0.39 is 0 Å². The molecule has 2 heterocycles. The monoisotopic (exact) mass is 272 g/mol. The Morgan fingerprint density at radius 1 is 1.20 bits per heavy atom. The molecule has 1 aliphatic heterocycles. The van der Waals surface area contributed by atoms with E-state index in [0.29, 0.717) is 24.3 Å². The summed E-state index contributed by atoms with van der Waals surface area (Å²) in [6, 6.07) is 8.22. The molecule has 0 bridgehead atoms. The van der Waals surface area contributed by atoms with E-state index in [-0.39, 0.29) is 0 Å². The predicted octanol–water partition coefficient (Wildman–Crippen LogP) is 2.12. The summed E-state index contributed by atoms with van der Waals surface area (Å²) in [5.74, 6) is 0.805. The SMILES string of the molecule is Nc1nc2ccccc2nc1OCC[C@@H]1CCCCN1. The zero-order valence-corrected chi connectivity index (χ0v) is 11.5. The van der Waals surface area contributed by atoms with Gasteiger partial charge in [-0.25, -0.2) is 9.97 Å². The molecule has 3 rings (SSSR count). The number of nitrogen functional groups attached to an aromatic ring is 1. The number of hydrogen-bond acceptors (Lipinski definition) is 5. The first-order chi connectivity index (χ1) is 9.83. The van der Waals surface area contributed by atoms with Gasteiger partial charge < -0.3 is 15.8 Å². The molecule has 1 aromatic carbocycles. The first kappa shape index (κ1) is 13.1. The molecular formula is C15H20N4O. The van der Waals surface area contributed by atoms with Crippen LogP contribution in [-0.2, 0) is 0 Å². The molecule has 0 spiro atoms. The molecule has 2 aromatic rings. The van der Waals surface area contributed by atoms with Crippen LogP contribution in [0.5, 0.6) is 5.88 Å². The van der Waals surface area contributed by atoms with Gasteiger partial charge >= 0.3 is 0 Å². The summed E-state index contributed by atoms with van der Waals surface area (Å²) in [5.41, 5.74) is 7.50. The second-order valence-electron chi connectivity index (χ2n) is 5.19. The molecule has 0 unspecified atom stereocenters. The van der Waals surface area contributed by atoms with Crippen molar-refractivity contribution in [3.8, 4) is 5.88 Å². The van der Waals surface area contributed by atoms with Crippen molar-refractivity contribution in [1.82, 2.24) is 15.3 Å². The second-order valence-corrected chi connectivity index (χ2v) is 5.19. The molecule has 1 fully saturated rings. The third kappa shape index (κ3) is 2.99. The van der Waals surface area contributed by atoms with Crippen LogP contribution in [0, 0.1) is 0 Å². The van der Waals surface area contributed by atoms with Crippen LogP contribution in [-0.4, -0.2) is 29.2 Å². The lowest BCUT2D eigenvalue weighted by molar-refractivity contribution is 0.262. The van der Waals surface area contributed by atoms with Crippen molar-refractivity contribution < 1.29 is 4.74 Å².